The predicted molar refractivity (Wildman–Crippen MR) is 96.4 cm³/mol. The molecule has 7 nitrogen and oxygen atoms in total. The molecule has 2 N–H and O–H groups in total. The van der Waals surface area contributed by atoms with Crippen LogP contribution in [-0.2, 0) is 14.8 Å². The van der Waals surface area contributed by atoms with Crippen molar-refractivity contribution in [2.45, 2.75) is 49.2 Å². The van der Waals surface area contributed by atoms with Crippen LogP contribution in [0.1, 0.15) is 43.0 Å². The van der Waals surface area contributed by atoms with E-state index in [1.165, 1.54) is 31.2 Å². The number of carbonyl (C=O) groups excluding carboxylic acids is 1. The lowest BCUT2D eigenvalue weighted by Gasteiger charge is -2.40. The van der Waals surface area contributed by atoms with Gasteiger partial charge in [0.2, 0.25) is 10.0 Å². The number of hydrogen-bond acceptors (Lipinski definition) is 5. The van der Waals surface area contributed by atoms with Crippen LogP contribution in [0.4, 0.5) is 0 Å². The fraction of sp³-hybridized carbons (Fsp3) is 0.611. The molecule has 26 heavy (non-hydrogen) atoms. The van der Waals surface area contributed by atoms with Gasteiger partial charge in [-0.1, -0.05) is 12.8 Å². The average molecular weight is 382 g/mol. The van der Waals surface area contributed by atoms with Crippen LogP contribution in [0.5, 0.6) is 0 Å². The van der Waals surface area contributed by atoms with Crippen molar-refractivity contribution in [2.24, 2.45) is 0 Å². The van der Waals surface area contributed by atoms with Crippen molar-refractivity contribution >= 4 is 15.9 Å². The van der Waals surface area contributed by atoms with Gasteiger partial charge in [-0.25, -0.2) is 13.1 Å². The molecule has 144 valence electrons. The van der Waals surface area contributed by atoms with Crippen molar-refractivity contribution in [3.8, 4) is 0 Å². The van der Waals surface area contributed by atoms with Gasteiger partial charge < -0.3 is 14.7 Å². The third kappa shape index (κ3) is 4.25. The van der Waals surface area contributed by atoms with Crippen LogP contribution < -0.4 is 4.72 Å². The highest BCUT2D eigenvalue weighted by atomic mass is 32.2. The summed E-state index contributed by atoms with van der Waals surface area (Å²) in [5.74, 6) is -0.0968. The molecule has 1 atom stereocenters. The monoisotopic (exact) mass is 382 g/mol. The van der Waals surface area contributed by atoms with Crippen LogP contribution in [0.25, 0.3) is 0 Å². The molecule has 3 rings (SSSR count). The Morgan fingerprint density at radius 1 is 1.31 bits per heavy atom. The van der Waals surface area contributed by atoms with Crippen LogP contribution >= 0.6 is 0 Å². The molecule has 0 unspecified atom stereocenters. The second kappa shape index (κ2) is 7.64. The Balaban J connectivity index is 1.69. The number of aliphatic hydroxyl groups excluding tert-OH is 1. The van der Waals surface area contributed by atoms with E-state index in [4.69, 9.17) is 4.74 Å². The topological polar surface area (TPSA) is 95.9 Å². The van der Waals surface area contributed by atoms with Gasteiger partial charge >= 0.3 is 0 Å². The van der Waals surface area contributed by atoms with E-state index in [1.807, 2.05) is 4.90 Å². The van der Waals surface area contributed by atoms with Gasteiger partial charge in [-0.3, -0.25) is 4.79 Å². The lowest BCUT2D eigenvalue weighted by molar-refractivity contribution is -0.0948. The summed E-state index contributed by atoms with van der Waals surface area (Å²) in [4.78, 5) is 14.7. The smallest absolute Gasteiger partial charge is 0.254 e. The molecule has 1 spiro atoms. The molecule has 1 aliphatic carbocycles. The normalized spacial score (nSPS) is 21.1. The van der Waals surface area contributed by atoms with Crippen molar-refractivity contribution in [1.29, 1.82) is 0 Å². The van der Waals surface area contributed by atoms with Gasteiger partial charge in [0.15, 0.2) is 0 Å². The standard InChI is InChI=1S/C18H26N2O5S/c1-14(21)12-19-26(23,24)16-6-4-15(5-7-16)17(22)20-10-11-25-18(13-20)8-2-3-9-18/h4-7,14,19,21H,2-3,8-13H2,1H3/t14-/m0/s1. The number of nitrogens with one attached hydrogen (secondary N) is 1. The summed E-state index contributed by atoms with van der Waals surface area (Å²) >= 11 is 0. The van der Waals surface area contributed by atoms with Crippen molar-refractivity contribution in [2.75, 3.05) is 26.2 Å². The van der Waals surface area contributed by atoms with Crippen molar-refractivity contribution < 1.29 is 23.1 Å². The van der Waals surface area contributed by atoms with Gasteiger partial charge in [-0.2, -0.15) is 0 Å². The number of sulfonamides is 1. The van der Waals surface area contributed by atoms with E-state index in [9.17, 15) is 18.3 Å². The average Bonchev–Trinajstić information content (AvgIpc) is 3.07. The van der Waals surface area contributed by atoms with Crippen LogP contribution in [-0.4, -0.2) is 62.3 Å². The number of aliphatic hydroxyl groups is 1. The molecular formula is C18H26N2O5S. The Bertz CT molecular complexity index is 739. The lowest BCUT2D eigenvalue weighted by atomic mass is 9.99. The zero-order chi connectivity index (χ0) is 18.8. The first kappa shape index (κ1) is 19.3. The molecule has 1 saturated heterocycles. The van der Waals surface area contributed by atoms with Crippen molar-refractivity contribution in [1.82, 2.24) is 9.62 Å². The van der Waals surface area contributed by atoms with E-state index in [1.54, 1.807) is 0 Å². The summed E-state index contributed by atoms with van der Waals surface area (Å²) in [6.07, 6.45) is 3.48. The van der Waals surface area contributed by atoms with Gasteiger partial charge in [0, 0.05) is 18.7 Å². The minimum absolute atomic E-state index is 0.0567. The third-order valence-corrected chi connectivity index (χ3v) is 6.47. The van der Waals surface area contributed by atoms with Gasteiger partial charge in [0.1, 0.15) is 0 Å². The molecule has 1 aliphatic heterocycles. The number of nitrogens with zero attached hydrogens (tertiary/aromatic N) is 1. The molecule has 1 amide bonds. The minimum atomic E-state index is -3.70. The SMILES string of the molecule is C[C@H](O)CNS(=O)(=O)c1ccc(C(=O)N2CCOC3(CCCC3)C2)cc1. The maximum atomic E-state index is 12.8. The molecule has 1 aromatic carbocycles. The maximum Gasteiger partial charge on any atom is 0.254 e. The molecule has 1 saturated carbocycles. The summed E-state index contributed by atoms with van der Waals surface area (Å²) in [5.41, 5.74) is 0.275. The molecule has 1 heterocycles. The van der Waals surface area contributed by atoms with E-state index in [0.29, 0.717) is 25.3 Å². The molecule has 1 aromatic rings. The summed E-state index contributed by atoms with van der Waals surface area (Å²) in [5, 5.41) is 9.22. The van der Waals surface area contributed by atoms with Gasteiger partial charge in [0.05, 0.1) is 29.8 Å². The number of benzene rings is 1. The second-order valence-electron chi connectivity index (χ2n) is 7.19. The zero-order valence-electron chi connectivity index (χ0n) is 15.0. The number of hydrogen-bond donors (Lipinski definition) is 2. The summed E-state index contributed by atoms with van der Waals surface area (Å²) in [6.45, 7) is 3.14. The largest absolute Gasteiger partial charge is 0.392 e. The molecule has 2 aliphatic rings. The Morgan fingerprint density at radius 3 is 2.58 bits per heavy atom. The number of amides is 1. The fourth-order valence-corrected chi connectivity index (χ4v) is 4.73. The van der Waals surface area contributed by atoms with Crippen LogP contribution in [0, 0.1) is 0 Å². The third-order valence-electron chi connectivity index (χ3n) is 5.03. The molecule has 0 radical (unpaired) electrons. The Hall–Kier alpha value is -1.48. The molecule has 8 heteroatoms. The molecule has 0 bridgehead atoms. The number of rotatable bonds is 5. The summed E-state index contributed by atoms with van der Waals surface area (Å²) in [7, 11) is -3.70. The Kier molecular flexibility index (Phi) is 5.67. The molecular weight excluding hydrogens is 356 g/mol. The fourth-order valence-electron chi connectivity index (χ4n) is 3.61. The number of carbonyl (C=O) groups is 1. The van der Waals surface area contributed by atoms with Crippen LogP contribution in [0.15, 0.2) is 29.2 Å². The van der Waals surface area contributed by atoms with E-state index in [2.05, 4.69) is 4.72 Å². The highest BCUT2D eigenvalue weighted by molar-refractivity contribution is 7.89. The van der Waals surface area contributed by atoms with E-state index < -0.39 is 16.1 Å². The van der Waals surface area contributed by atoms with Crippen molar-refractivity contribution in [3.63, 3.8) is 0 Å². The summed E-state index contributed by atoms with van der Waals surface area (Å²) < 4.78 is 32.6. The zero-order valence-corrected chi connectivity index (χ0v) is 15.8. The quantitative estimate of drug-likeness (QED) is 0.796. The van der Waals surface area contributed by atoms with Gasteiger partial charge in [-0.15, -0.1) is 0 Å². The first-order chi connectivity index (χ1) is 12.3. The number of morpholine rings is 1. The summed E-state index contributed by atoms with van der Waals surface area (Å²) in [6, 6.07) is 5.92. The van der Waals surface area contributed by atoms with E-state index in [0.717, 1.165) is 25.7 Å². The lowest BCUT2D eigenvalue weighted by Crippen LogP contribution is -2.52. The Labute approximate surface area is 154 Å². The molecule has 2 fully saturated rings. The molecule has 0 aromatic heterocycles. The minimum Gasteiger partial charge on any atom is -0.392 e. The van der Waals surface area contributed by atoms with Crippen LogP contribution in [0.3, 0.4) is 0 Å². The van der Waals surface area contributed by atoms with E-state index in [-0.39, 0.29) is 22.9 Å². The first-order valence-electron chi connectivity index (χ1n) is 9.02. The van der Waals surface area contributed by atoms with Crippen LogP contribution in [0.2, 0.25) is 0 Å². The highest BCUT2D eigenvalue weighted by Crippen LogP contribution is 2.36. The number of ether oxygens (including phenoxy) is 1. The van der Waals surface area contributed by atoms with Gasteiger partial charge in [-0.05, 0) is 44.0 Å². The second-order valence-corrected chi connectivity index (χ2v) is 8.96. The first-order valence-corrected chi connectivity index (χ1v) is 10.5. The highest BCUT2D eigenvalue weighted by Gasteiger charge is 2.40. The predicted octanol–water partition coefficient (Wildman–Crippen LogP) is 1.13. The van der Waals surface area contributed by atoms with Crippen molar-refractivity contribution in [3.05, 3.63) is 29.8 Å². The van der Waals surface area contributed by atoms with Gasteiger partial charge in [0.25, 0.3) is 5.91 Å². The van der Waals surface area contributed by atoms with E-state index >= 15 is 0 Å². The maximum absolute atomic E-state index is 12.8. The Morgan fingerprint density at radius 2 is 1.96 bits per heavy atom.